The quantitative estimate of drug-likeness (QED) is 0.730. The third kappa shape index (κ3) is 5.12. The van der Waals surface area contributed by atoms with Gasteiger partial charge in [0.2, 0.25) is 15.9 Å². The van der Waals surface area contributed by atoms with Gasteiger partial charge in [-0.15, -0.1) is 0 Å². The molecule has 112 valence electrons. The highest BCUT2D eigenvalue weighted by Gasteiger charge is 2.21. The Bertz CT molecular complexity index is 693. The van der Waals surface area contributed by atoms with Gasteiger partial charge in [0.05, 0.1) is 23.6 Å². The SMILES string of the molecule is CS(=O)(=O)N(CC(=O)NCC(=O)O)c1cccc(C#N)c1. The Morgan fingerprint density at radius 3 is 2.62 bits per heavy atom. The van der Waals surface area contributed by atoms with E-state index in [1.807, 2.05) is 6.07 Å². The molecule has 0 fully saturated rings. The van der Waals surface area contributed by atoms with Crippen molar-refractivity contribution in [2.75, 3.05) is 23.7 Å². The average molecular weight is 311 g/mol. The largest absolute Gasteiger partial charge is 0.480 e. The van der Waals surface area contributed by atoms with Gasteiger partial charge in [0, 0.05) is 0 Å². The smallest absolute Gasteiger partial charge is 0.322 e. The van der Waals surface area contributed by atoms with Gasteiger partial charge in [0.15, 0.2) is 0 Å². The molecular formula is C12H13N3O5S. The summed E-state index contributed by atoms with van der Waals surface area (Å²) in [6.45, 7) is -1.17. The van der Waals surface area contributed by atoms with Crippen LogP contribution in [-0.2, 0) is 19.6 Å². The predicted molar refractivity (Wildman–Crippen MR) is 74.0 cm³/mol. The molecule has 1 aromatic rings. The zero-order valence-electron chi connectivity index (χ0n) is 11.1. The van der Waals surface area contributed by atoms with E-state index in [9.17, 15) is 18.0 Å². The summed E-state index contributed by atoms with van der Waals surface area (Å²) in [6.07, 6.45) is 0.913. The molecule has 0 atom stereocenters. The first kappa shape index (κ1) is 16.5. The molecule has 0 radical (unpaired) electrons. The Hall–Kier alpha value is -2.60. The summed E-state index contributed by atoms with van der Waals surface area (Å²) >= 11 is 0. The number of carboxylic acid groups (broad SMARTS) is 1. The van der Waals surface area contributed by atoms with Gasteiger partial charge in [-0.2, -0.15) is 5.26 Å². The van der Waals surface area contributed by atoms with Crippen LogP contribution in [0.3, 0.4) is 0 Å². The number of nitrogens with zero attached hydrogens (tertiary/aromatic N) is 2. The van der Waals surface area contributed by atoms with E-state index in [0.717, 1.165) is 10.6 Å². The number of carbonyl (C=O) groups is 2. The minimum Gasteiger partial charge on any atom is -0.480 e. The first-order valence-corrected chi connectivity index (χ1v) is 7.55. The van der Waals surface area contributed by atoms with E-state index in [1.54, 1.807) is 0 Å². The van der Waals surface area contributed by atoms with E-state index in [4.69, 9.17) is 10.4 Å². The van der Waals surface area contributed by atoms with E-state index < -0.39 is 35.0 Å². The molecule has 0 bridgehead atoms. The molecule has 2 N–H and O–H groups in total. The first-order valence-electron chi connectivity index (χ1n) is 5.70. The number of sulfonamides is 1. The number of anilines is 1. The molecule has 1 aromatic carbocycles. The van der Waals surface area contributed by atoms with Crippen LogP contribution in [0.4, 0.5) is 5.69 Å². The number of hydrogen-bond acceptors (Lipinski definition) is 5. The van der Waals surface area contributed by atoms with Crippen LogP contribution in [0, 0.1) is 11.3 Å². The molecule has 0 saturated carbocycles. The van der Waals surface area contributed by atoms with Crippen molar-refractivity contribution in [1.29, 1.82) is 5.26 Å². The highest BCUT2D eigenvalue weighted by molar-refractivity contribution is 7.92. The summed E-state index contributed by atoms with van der Waals surface area (Å²) in [4.78, 5) is 21.9. The maximum absolute atomic E-state index is 11.8. The Labute approximate surface area is 121 Å². The van der Waals surface area contributed by atoms with Crippen molar-refractivity contribution in [2.45, 2.75) is 0 Å². The molecule has 8 nitrogen and oxygen atoms in total. The van der Waals surface area contributed by atoms with Gasteiger partial charge in [0.1, 0.15) is 13.1 Å². The van der Waals surface area contributed by atoms with Crippen molar-refractivity contribution < 1.29 is 23.1 Å². The van der Waals surface area contributed by atoms with Crippen molar-refractivity contribution in [3.63, 3.8) is 0 Å². The zero-order chi connectivity index (χ0) is 16.0. The topological polar surface area (TPSA) is 128 Å². The normalized spacial score (nSPS) is 10.5. The Balaban J connectivity index is 3.00. The number of hydrogen-bond donors (Lipinski definition) is 2. The van der Waals surface area contributed by atoms with Gasteiger partial charge < -0.3 is 10.4 Å². The van der Waals surface area contributed by atoms with Gasteiger partial charge in [-0.05, 0) is 18.2 Å². The molecule has 0 aliphatic carbocycles. The summed E-state index contributed by atoms with van der Waals surface area (Å²) in [5, 5.41) is 19.3. The monoisotopic (exact) mass is 311 g/mol. The number of rotatable bonds is 6. The fraction of sp³-hybridized carbons (Fsp3) is 0.250. The van der Waals surface area contributed by atoms with Crippen LogP contribution < -0.4 is 9.62 Å². The lowest BCUT2D eigenvalue weighted by molar-refractivity contribution is -0.137. The zero-order valence-corrected chi connectivity index (χ0v) is 11.9. The van der Waals surface area contributed by atoms with Gasteiger partial charge in [-0.1, -0.05) is 6.07 Å². The number of carboxylic acids is 1. The standard InChI is InChI=1S/C12H13N3O5S/c1-21(19,20)15(8-11(16)14-7-12(17)18)10-4-2-3-9(5-10)6-13/h2-5H,7-8H2,1H3,(H,14,16)(H,17,18). The van der Waals surface area contributed by atoms with Gasteiger partial charge in [-0.25, -0.2) is 8.42 Å². The molecule has 0 aliphatic rings. The molecule has 9 heteroatoms. The van der Waals surface area contributed by atoms with Crippen molar-refractivity contribution in [2.24, 2.45) is 0 Å². The molecular weight excluding hydrogens is 298 g/mol. The van der Waals surface area contributed by atoms with Crippen molar-refractivity contribution in [1.82, 2.24) is 5.32 Å². The van der Waals surface area contributed by atoms with Crippen molar-refractivity contribution >= 4 is 27.6 Å². The van der Waals surface area contributed by atoms with Crippen LogP contribution in [0.15, 0.2) is 24.3 Å². The van der Waals surface area contributed by atoms with Crippen LogP contribution in [0.25, 0.3) is 0 Å². The minimum absolute atomic E-state index is 0.155. The van der Waals surface area contributed by atoms with Crippen molar-refractivity contribution in [3.8, 4) is 6.07 Å². The van der Waals surface area contributed by atoms with E-state index in [-0.39, 0.29) is 11.3 Å². The maximum Gasteiger partial charge on any atom is 0.322 e. The highest BCUT2D eigenvalue weighted by atomic mass is 32.2. The number of aliphatic carboxylic acids is 1. The van der Waals surface area contributed by atoms with Crippen LogP contribution in [0.5, 0.6) is 0 Å². The molecule has 1 rings (SSSR count). The molecule has 0 saturated heterocycles. The second-order valence-electron chi connectivity index (χ2n) is 4.10. The number of amides is 1. The highest BCUT2D eigenvalue weighted by Crippen LogP contribution is 2.18. The molecule has 0 aliphatic heterocycles. The van der Waals surface area contributed by atoms with Gasteiger partial charge in [0.25, 0.3) is 0 Å². The van der Waals surface area contributed by atoms with Crippen molar-refractivity contribution in [3.05, 3.63) is 29.8 Å². The Morgan fingerprint density at radius 1 is 1.43 bits per heavy atom. The predicted octanol–water partition coefficient (Wildman–Crippen LogP) is -0.475. The lowest BCUT2D eigenvalue weighted by Crippen LogP contribution is -2.41. The summed E-state index contributed by atoms with van der Waals surface area (Å²) in [6, 6.07) is 7.61. The summed E-state index contributed by atoms with van der Waals surface area (Å²) < 4.78 is 24.3. The third-order valence-corrected chi connectivity index (χ3v) is 3.53. The van der Waals surface area contributed by atoms with Crippen LogP contribution in [0.1, 0.15) is 5.56 Å². The molecule has 0 heterocycles. The number of carbonyl (C=O) groups excluding carboxylic acids is 1. The number of nitriles is 1. The van der Waals surface area contributed by atoms with E-state index in [2.05, 4.69) is 5.32 Å². The molecule has 1 amide bonds. The molecule has 21 heavy (non-hydrogen) atoms. The molecule has 0 unspecified atom stereocenters. The summed E-state index contributed by atoms with van der Waals surface area (Å²) in [5.41, 5.74) is 0.397. The third-order valence-electron chi connectivity index (χ3n) is 2.39. The fourth-order valence-electron chi connectivity index (χ4n) is 1.49. The van der Waals surface area contributed by atoms with E-state index in [1.165, 1.54) is 24.3 Å². The van der Waals surface area contributed by atoms with E-state index >= 15 is 0 Å². The minimum atomic E-state index is -3.76. The fourth-order valence-corrected chi connectivity index (χ4v) is 2.34. The summed E-state index contributed by atoms with van der Waals surface area (Å²) in [5.74, 6) is -1.99. The average Bonchev–Trinajstić information content (AvgIpc) is 2.41. The Morgan fingerprint density at radius 2 is 2.10 bits per heavy atom. The molecule has 0 spiro atoms. The summed E-state index contributed by atoms with van der Waals surface area (Å²) in [7, 11) is -3.76. The first-order chi connectivity index (χ1) is 9.74. The lowest BCUT2D eigenvalue weighted by Gasteiger charge is -2.21. The lowest BCUT2D eigenvalue weighted by atomic mass is 10.2. The Kier molecular flexibility index (Phi) is 5.26. The van der Waals surface area contributed by atoms with Crippen LogP contribution in [0.2, 0.25) is 0 Å². The van der Waals surface area contributed by atoms with Gasteiger partial charge in [-0.3, -0.25) is 13.9 Å². The van der Waals surface area contributed by atoms with Gasteiger partial charge >= 0.3 is 5.97 Å². The maximum atomic E-state index is 11.8. The second-order valence-corrected chi connectivity index (χ2v) is 6.01. The number of benzene rings is 1. The second kappa shape index (κ2) is 6.71. The van der Waals surface area contributed by atoms with E-state index in [0.29, 0.717) is 0 Å². The van der Waals surface area contributed by atoms with Crippen LogP contribution in [-0.4, -0.2) is 44.7 Å². The molecule has 0 aromatic heterocycles. The van der Waals surface area contributed by atoms with Crippen LogP contribution >= 0.6 is 0 Å². The number of nitrogens with one attached hydrogen (secondary N) is 1.